The van der Waals surface area contributed by atoms with Gasteiger partial charge in [-0.15, -0.1) is 11.3 Å². The largest absolute Gasteiger partial charge is 0.453 e. The molecule has 10 heteroatoms. The lowest BCUT2D eigenvalue weighted by atomic mass is 10.1. The van der Waals surface area contributed by atoms with E-state index in [9.17, 15) is 27.6 Å². The van der Waals surface area contributed by atoms with Crippen molar-refractivity contribution in [3.8, 4) is 0 Å². The van der Waals surface area contributed by atoms with Gasteiger partial charge in [0.1, 0.15) is 0 Å². The second-order valence-corrected chi connectivity index (χ2v) is 7.09. The molecule has 1 heterocycles. The number of thiophene rings is 1. The maximum Gasteiger partial charge on any atom is 0.418 e. The smallest absolute Gasteiger partial charge is 0.418 e. The second-order valence-electron chi connectivity index (χ2n) is 5.71. The first kappa shape index (κ1) is 21.9. The van der Waals surface area contributed by atoms with Crippen LogP contribution in [0.2, 0.25) is 5.02 Å². The number of hydrogen-bond acceptors (Lipinski definition) is 5. The summed E-state index contributed by atoms with van der Waals surface area (Å²) in [5, 5.41) is 3.66. The number of hydrogen-bond donors (Lipinski definition) is 1. The van der Waals surface area contributed by atoms with Crippen molar-refractivity contribution in [1.82, 2.24) is 0 Å². The van der Waals surface area contributed by atoms with Gasteiger partial charge in [-0.05, 0) is 36.6 Å². The molecular formula is C18H15ClF3NO4S. The highest BCUT2D eigenvalue weighted by Gasteiger charge is 2.34. The Labute approximate surface area is 167 Å². The van der Waals surface area contributed by atoms with E-state index in [1.165, 1.54) is 24.3 Å². The van der Waals surface area contributed by atoms with Gasteiger partial charge in [-0.25, -0.2) is 0 Å². The van der Waals surface area contributed by atoms with Crippen LogP contribution in [0.25, 0.3) is 0 Å². The average molecular weight is 434 g/mol. The minimum Gasteiger partial charge on any atom is -0.453 e. The molecule has 28 heavy (non-hydrogen) atoms. The summed E-state index contributed by atoms with van der Waals surface area (Å²) in [6.07, 6.45) is -6.41. The molecule has 0 aliphatic rings. The lowest BCUT2D eigenvalue weighted by Crippen LogP contribution is -2.30. The summed E-state index contributed by atoms with van der Waals surface area (Å²) >= 11 is 6.82. The van der Waals surface area contributed by atoms with Crippen molar-refractivity contribution < 1.29 is 32.3 Å². The van der Waals surface area contributed by atoms with Crippen molar-refractivity contribution in [1.29, 1.82) is 0 Å². The van der Waals surface area contributed by atoms with E-state index in [4.69, 9.17) is 16.3 Å². The van der Waals surface area contributed by atoms with E-state index in [1.54, 1.807) is 17.5 Å². The van der Waals surface area contributed by atoms with E-state index >= 15 is 0 Å². The molecule has 0 bridgehead atoms. The van der Waals surface area contributed by atoms with Crippen LogP contribution in [0.5, 0.6) is 0 Å². The minimum atomic E-state index is -4.73. The number of carbonyl (C=O) groups is 3. The Balaban J connectivity index is 1.92. The third-order valence-corrected chi connectivity index (χ3v) is 4.72. The number of benzene rings is 1. The van der Waals surface area contributed by atoms with Crippen LogP contribution in [0.4, 0.5) is 18.9 Å². The summed E-state index contributed by atoms with van der Waals surface area (Å²) in [4.78, 5) is 36.2. The standard InChI is InChI=1S/C18H15ClF3NO4S/c1-10(27-16(25)7-6-14(24)15-3-2-8-28-15)17(26)23-13-5-4-11(19)9-12(13)18(20,21)22/h2-5,8-10H,6-7H2,1H3,(H,23,26). The summed E-state index contributed by atoms with van der Waals surface area (Å²) in [5.41, 5.74) is -1.62. The second kappa shape index (κ2) is 9.20. The number of ketones is 1. The Morgan fingerprint density at radius 3 is 2.54 bits per heavy atom. The van der Waals surface area contributed by atoms with Crippen LogP contribution in [0.1, 0.15) is 35.0 Å². The van der Waals surface area contributed by atoms with E-state index < -0.39 is 35.4 Å². The van der Waals surface area contributed by atoms with Crippen LogP contribution < -0.4 is 5.32 Å². The number of esters is 1. The van der Waals surface area contributed by atoms with Crippen molar-refractivity contribution in [3.63, 3.8) is 0 Å². The number of halogens is 4. The molecule has 0 radical (unpaired) electrons. The highest BCUT2D eigenvalue weighted by atomic mass is 35.5. The first-order chi connectivity index (χ1) is 13.1. The Morgan fingerprint density at radius 2 is 1.93 bits per heavy atom. The summed E-state index contributed by atoms with van der Waals surface area (Å²) < 4.78 is 44.1. The number of anilines is 1. The van der Waals surface area contributed by atoms with E-state index in [0.29, 0.717) is 10.9 Å². The minimum absolute atomic E-state index is 0.0942. The number of ether oxygens (including phenoxy) is 1. The van der Waals surface area contributed by atoms with Gasteiger partial charge in [0.25, 0.3) is 5.91 Å². The van der Waals surface area contributed by atoms with Crippen LogP contribution in [-0.4, -0.2) is 23.8 Å². The fraction of sp³-hybridized carbons (Fsp3) is 0.278. The number of rotatable bonds is 7. The predicted molar refractivity (Wildman–Crippen MR) is 98.5 cm³/mol. The Hall–Kier alpha value is -2.39. The normalized spacial score (nSPS) is 12.3. The van der Waals surface area contributed by atoms with E-state index in [2.05, 4.69) is 5.32 Å². The van der Waals surface area contributed by atoms with Gasteiger partial charge in [0.05, 0.1) is 22.5 Å². The van der Waals surface area contributed by atoms with Crippen LogP contribution in [0.3, 0.4) is 0 Å². The van der Waals surface area contributed by atoms with E-state index in [1.807, 2.05) is 0 Å². The molecule has 150 valence electrons. The summed E-state index contributed by atoms with van der Waals surface area (Å²) in [7, 11) is 0. The number of alkyl halides is 3. The van der Waals surface area contributed by atoms with Gasteiger partial charge in [-0.1, -0.05) is 17.7 Å². The van der Waals surface area contributed by atoms with Crippen molar-refractivity contribution in [2.45, 2.75) is 32.0 Å². The van der Waals surface area contributed by atoms with Gasteiger partial charge in [0.2, 0.25) is 0 Å². The number of amides is 1. The van der Waals surface area contributed by atoms with Crippen LogP contribution in [-0.2, 0) is 20.5 Å². The molecule has 0 saturated carbocycles. The molecule has 0 saturated heterocycles. The molecule has 0 aliphatic heterocycles. The Bertz CT molecular complexity index is 868. The van der Waals surface area contributed by atoms with Crippen LogP contribution >= 0.6 is 22.9 Å². The average Bonchev–Trinajstić information content (AvgIpc) is 3.15. The van der Waals surface area contributed by atoms with Gasteiger partial charge in [-0.2, -0.15) is 13.2 Å². The fourth-order valence-electron chi connectivity index (χ4n) is 2.18. The zero-order valence-electron chi connectivity index (χ0n) is 14.5. The van der Waals surface area contributed by atoms with Crippen molar-refractivity contribution in [3.05, 3.63) is 51.2 Å². The molecule has 0 fully saturated rings. The maximum absolute atomic E-state index is 13.1. The molecule has 1 aromatic heterocycles. The fourth-order valence-corrected chi connectivity index (χ4v) is 3.05. The topological polar surface area (TPSA) is 72.5 Å². The summed E-state index contributed by atoms with van der Waals surface area (Å²) in [6, 6.07) is 6.22. The Morgan fingerprint density at radius 1 is 1.21 bits per heavy atom. The van der Waals surface area contributed by atoms with Gasteiger partial charge < -0.3 is 10.1 Å². The quantitative estimate of drug-likeness (QED) is 0.495. The van der Waals surface area contributed by atoms with Crippen LogP contribution in [0, 0.1) is 0 Å². The first-order valence-corrected chi connectivity index (χ1v) is 9.27. The zero-order chi connectivity index (χ0) is 20.9. The number of Topliss-reactive ketones (excluding diaryl/α,β-unsaturated/α-hetero) is 1. The first-order valence-electron chi connectivity index (χ1n) is 8.01. The lowest BCUT2D eigenvalue weighted by molar-refractivity contribution is -0.153. The Kier molecular flexibility index (Phi) is 7.20. The maximum atomic E-state index is 13.1. The summed E-state index contributed by atoms with van der Waals surface area (Å²) in [5.74, 6) is -1.98. The SMILES string of the molecule is CC(OC(=O)CCC(=O)c1cccs1)C(=O)Nc1ccc(Cl)cc1C(F)(F)F. The van der Waals surface area contributed by atoms with E-state index in [0.717, 1.165) is 6.07 Å². The molecule has 0 aliphatic carbocycles. The molecule has 1 N–H and O–H groups in total. The highest BCUT2D eigenvalue weighted by molar-refractivity contribution is 7.12. The number of carbonyl (C=O) groups excluding carboxylic acids is 3. The predicted octanol–water partition coefficient (Wildman–Crippen LogP) is 4.95. The van der Waals surface area contributed by atoms with Gasteiger partial charge >= 0.3 is 12.1 Å². The zero-order valence-corrected chi connectivity index (χ0v) is 16.1. The molecule has 2 rings (SSSR count). The molecular weight excluding hydrogens is 419 g/mol. The third kappa shape index (κ3) is 6.07. The third-order valence-electron chi connectivity index (χ3n) is 3.57. The van der Waals surface area contributed by atoms with Gasteiger partial charge in [-0.3, -0.25) is 14.4 Å². The van der Waals surface area contributed by atoms with Crippen LogP contribution in [0.15, 0.2) is 35.7 Å². The van der Waals surface area contributed by atoms with Crippen molar-refractivity contribution in [2.75, 3.05) is 5.32 Å². The molecule has 1 aromatic carbocycles. The molecule has 1 atom stereocenters. The molecule has 5 nitrogen and oxygen atoms in total. The highest BCUT2D eigenvalue weighted by Crippen LogP contribution is 2.36. The van der Waals surface area contributed by atoms with Crippen molar-refractivity contribution >= 4 is 46.3 Å². The monoisotopic (exact) mass is 433 g/mol. The van der Waals surface area contributed by atoms with Gasteiger partial charge in [0.15, 0.2) is 11.9 Å². The molecule has 2 aromatic rings. The van der Waals surface area contributed by atoms with E-state index in [-0.39, 0.29) is 23.6 Å². The lowest BCUT2D eigenvalue weighted by Gasteiger charge is -2.17. The summed E-state index contributed by atoms with van der Waals surface area (Å²) in [6.45, 7) is 1.22. The van der Waals surface area contributed by atoms with Crippen molar-refractivity contribution in [2.24, 2.45) is 0 Å². The molecule has 1 amide bonds. The molecule has 1 unspecified atom stereocenters. The number of nitrogens with one attached hydrogen (secondary N) is 1. The molecule has 0 spiro atoms. The van der Waals surface area contributed by atoms with Gasteiger partial charge in [0, 0.05) is 11.4 Å².